The van der Waals surface area contributed by atoms with Crippen molar-refractivity contribution in [3.8, 4) is 0 Å². The predicted octanol–water partition coefficient (Wildman–Crippen LogP) is 3.60. The minimum atomic E-state index is 0.0237. The van der Waals surface area contributed by atoms with E-state index in [2.05, 4.69) is 15.3 Å². The molecule has 0 unspecified atom stereocenters. The molecule has 0 amide bonds. The van der Waals surface area contributed by atoms with Crippen LogP contribution < -0.4 is 5.32 Å². The lowest BCUT2D eigenvalue weighted by Gasteiger charge is -2.05. The van der Waals surface area contributed by atoms with E-state index in [-0.39, 0.29) is 11.7 Å². The number of thioether (sulfide) groups is 1. The molecule has 1 aromatic heterocycles. The monoisotopic (exact) mass is 297 g/mol. The topological polar surface area (TPSA) is 57.8 Å². The fraction of sp³-hybridized carbons (Fsp3) is 0.125. The van der Waals surface area contributed by atoms with Crippen LogP contribution in [0, 0.1) is 6.92 Å². The number of nitrogens with zero attached hydrogens (tertiary/aromatic N) is 1. The predicted molar refractivity (Wildman–Crippen MR) is 86.6 cm³/mol. The van der Waals surface area contributed by atoms with Crippen LogP contribution in [-0.2, 0) is 4.79 Å². The van der Waals surface area contributed by atoms with E-state index >= 15 is 0 Å². The third kappa shape index (κ3) is 3.44. The maximum absolute atomic E-state index is 12.0. The molecule has 21 heavy (non-hydrogen) atoms. The summed E-state index contributed by atoms with van der Waals surface area (Å²) in [5.41, 5.74) is 3.94. The second-order valence-corrected chi connectivity index (χ2v) is 5.80. The fourth-order valence-electron chi connectivity index (χ4n) is 2.05. The summed E-state index contributed by atoms with van der Waals surface area (Å²) in [4.78, 5) is 19.5. The molecular weight excluding hydrogens is 282 g/mol. The van der Waals surface area contributed by atoms with Gasteiger partial charge >= 0.3 is 0 Å². The Kier molecular flexibility index (Phi) is 3.92. The molecule has 1 heterocycles. The zero-order chi connectivity index (χ0) is 14.7. The molecule has 0 atom stereocenters. The van der Waals surface area contributed by atoms with Crippen molar-refractivity contribution in [3.63, 3.8) is 0 Å². The van der Waals surface area contributed by atoms with E-state index < -0.39 is 0 Å². The van der Waals surface area contributed by atoms with Crippen molar-refractivity contribution in [3.05, 3.63) is 54.1 Å². The Hall–Kier alpha value is -2.27. The Morgan fingerprint density at radius 3 is 2.90 bits per heavy atom. The van der Waals surface area contributed by atoms with Gasteiger partial charge in [-0.2, -0.15) is 0 Å². The van der Waals surface area contributed by atoms with Gasteiger partial charge in [0.2, 0.25) is 5.12 Å². The van der Waals surface area contributed by atoms with Crippen molar-refractivity contribution in [2.75, 3.05) is 11.9 Å². The first-order valence-electron chi connectivity index (χ1n) is 6.67. The SMILES string of the molecule is Cc1cccc(NCC(=O)Sc2nc3ccccc3[nH]2)c1. The molecule has 106 valence electrons. The van der Waals surface area contributed by atoms with Crippen molar-refractivity contribution in [1.82, 2.24) is 9.97 Å². The molecule has 3 aromatic rings. The Labute approximate surface area is 127 Å². The zero-order valence-electron chi connectivity index (χ0n) is 11.6. The first kappa shape index (κ1) is 13.7. The van der Waals surface area contributed by atoms with Gasteiger partial charge in [-0.05, 0) is 48.5 Å². The van der Waals surface area contributed by atoms with Gasteiger partial charge in [0, 0.05) is 5.69 Å². The van der Waals surface area contributed by atoms with Gasteiger partial charge in [0.25, 0.3) is 0 Å². The molecule has 0 radical (unpaired) electrons. The number of benzene rings is 2. The number of hydrogen-bond donors (Lipinski definition) is 2. The van der Waals surface area contributed by atoms with E-state index in [1.165, 1.54) is 0 Å². The van der Waals surface area contributed by atoms with Crippen LogP contribution >= 0.6 is 11.8 Å². The largest absolute Gasteiger partial charge is 0.377 e. The number of nitrogens with one attached hydrogen (secondary N) is 2. The number of para-hydroxylation sites is 2. The van der Waals surface area contributed by atoms with Crippen LogP contribution in [0.2, 0.25) is 0 Å². The van der Waals surface area contributed by atoms with Crippen LogP contribution in [-0.4, -0.2) is 21.6 Å². The fourth-order valence-corrected chi connectivity index (χ4v) is 2.72. The maximum Gasteiger partial charge on any atom is 0.215 e. The Bertz CT molecular complexity index is 749. The molecule has 0 bridgehead atoms. The number of carbonyl (C=O) groups excluding carboxylic acids is 1. The second-order valence-electron chi connectivity index (χ2n) is 4.76. The number of rotatable bonds is 4. The minimum absolute atomic E-state index is 0.0237. The number of fused-ring (bicyclic) bond motifs is 1. The van der Waals surface area contributed by atoms with E-state index in [0.29, 0.717) is 5.16 Å². The van der Waals surface area contributed by atoms with E-state index in [9.17, 15) is 4.79 Å². The van der Waals surface area contributed by atoms with Crippen molar-refractivity contribution >= 4 is 33.6 Å². The lowest BCUT2D eigenvalue weighted by atomic mass is 10.2. The quantitative estimate of drug-likeness (QED) is 0.722. The smallest absolute Gasteiger partial charge is 0.215 e. The summed E-state index contributed by atoms with van der Waals surface area (Å²) in [6, 6.07) is 15.7. The number of imidazole rings is 1. The first-order valence-corrected chi connectivity index (χ1v) is 7.48. The van der Waals surface area contributed by atoms with Crippen molar-refractivity contribution in [2.24, 2.45) is 0 Å². The van der Waals surface area contributed by atoms with Gasteiger partial charge in [-0.15, -0.1) is 0 Å². The summed E-state index contributed by atoms with van der Waals surface area (Å²) >= 11 is 1.12. The van der Waals surface area contributed by atoms with Crippen LogP contribution in [0.15, 0.2) is 53.7 Å². The normalized spacial score (nSPS) is 10.7. The lowest BCUT2D eigenvalue weighted by molar-refractivity contribution is -0.109. The average molecular weight is 297 g/mol. The minimum Gasteiger partial charge on any atom is -0.377 e. The van der Waals surface area contributed by atoms with E-state index in [0.717, 1.165) is 34.0 Å². The zero-order valence-corrected chi connectivity index (χ0v) is 12.4. The molecule has 0 spiro atoms. The van der Waals surface area contributed by atoms with Gasteiger partial charge in [-0.1, -0.05) is 24.3 Å². The van der Waals surface area contributed by atoms with Gasteiger partial charge in [-0.3, -0.25) is 4.79 Å². The van der Waals surface area contributed by atoms with Crippen LogP contribution in [0.25, 0.3) is 11.0 Å². The molecule has 0 aliphatic heterocycles. The summed E-state index contributed by atoms with van der Waals surface area (Å²) in [5.74, 6) is 0. The molecule has 2 N–H and O–H groups in total. The van der Waals surface area contributed by atoms with Gasteiger partial charge in [-0.25, -0.2) is 4.98 Å². The lowest BCUT2D eigenvalue weighted by Crippen LogP contribution is -2.10. The van der Waals surface area contributed by atoms with Gasteiger partial charge in [0.1, 0.15) is 0 Å². The van der Waals surface area contributed by atoms with Crippen LogP contribution in [0.1, 0.15) is 5.56 Å². The number of H-pyrrole nitrogens is 1. The molecule has 2 aromatic carbocycles. The number of aryl methyl sites for hydroxylation is 1. The number of carbonyl (C=O) groups is 1. The average Bonchev–Trinajstić information content (AvgIpc) is 2.87. The maximum atomic E-state index is 12.0. The molecule has 0 saturated carbocycles. The van der Waals surface area contributed by atoms with Gasteiger partial charge < -0.3 is 10.3 Å². The second kappa shape index (κ2) is 6.01. The van der Waals surface area contributed by atoms with E-state index in [4.69, 9.17) is 0 Å². The van der Waals surface area contributed by atoms with Gasteiger partial charge in [0.05, 0.1) is 17.6 Å². The molecule has 5 heteroatoms. The van der Waals surface area contributed by atoms with Crippen molar-refractivity contribution < 1.29 is 4.79 Å². The molecular formula is C16H15N3OS. The Morgan fingerprint density at radius 2 is 2.10 bits per heavy atom. The summed E-state index contributed by atoms with van der Waals surface area (Å²) in [5, 5.41) is 3.78. The summed E-state index contributed by atoms with van der Waals surface area (Å²) in [7, 11) is 0. The molecule has 0 saturated heterocycles. The van der Waals surface area contributed by atoms with Crippen molar-refractivity contribution in [2.45, 2.75) is 12.1 Å². The summed E-state index contributed by atoms with van der Waals surface area (Å²) in [6.45, 7) is 2.29. The summed E-state index contributed by atoms with van der Waals surface area (Å²) in [6.07, 6.45) is 0. The van der Waals surface area contributed by atoms with Crippen LogP contribution in [0.5, 0.6) is 0 Å². The van der Waals surface area contributed by atoms with Crippen LogP contribution in [0.3, 0.4) is 0 Å². The number of aromatic amines is 1. The van der Waals surface area contributed by atoms with E-state index in [1.807, 2.05) is 55.5 Å². The molecule has 0 aliphatic carbocycles. The number of hydrogen-bond acceptors (Lipinski definition) is 4. The molecule has 4 nitrogen and oxygen atoms in total. The Morgan fingerprint density at radius 1 is 1.24 bits per heavy atom. The third-order valence-electron chi connectivity index (χ3n) is 3.03. The molecule has 0 fully saturated rings. The highest BCUT2D eigenvalue weighted by molar-refractivity contribution is 8.13. The highest BCUT2D eigenvalue weighted by Gasteiger charge is 2.09. The van der Waals surface area contributed by atoms with Crippen LogP contribution in [0.4, 0.5) is 5.69 Å². The Balaban J connectivity index is 1.61. The van der Waals surface area contributed by atoms with E-state index in [1.54, 1.807) is 0 Å². The first-order chi connectivity index (χ1) is 10.2. The highest BCUT2D eigenvalue weighted by Crippen LogP contribution is 2.20. The molecule has 3 rings (SSSR count). The number of aromatic nitrogens is 2. The summed E-state index contributed by atoms with van der Waals surface area (Å²) < 4.78 is 0. The van der Waals surface area contributed by atoms with Crippen molar-refractivity contribution in [1.29, 1.82) is 0 Å². The van der Waals surface area contributed by atoms with Gasteiger partial charge in [0.15, 0.2) is 5.16 Å². The standard InChI is InChI=1S/C16H15N3OS/c1-11-5-4-6-12(9-11)17-10-15(20)21-16-18-13-7-2-3-8-14(13)19-16/h2-9,17H,10H2,1H3,(H,18,19). The third-order valence-corrected chi connectivity index (χ3v) is 3.79. The highest BCUT2D eigenvalue weighted by atomic mass is 32.2. The molecule has 0 aliphatic rings. The number of anilines is 1.